The van der Waals surface area contributed by atoms with Crippen LogP contribution in [0.15, 0.2) is 72.8 Å². The predicted molar refractivity (Wildman–Crippen MR) is 158 cm³/mol. The van der Waals surface area contributed by atoms with Crippen molar-refractivity contribution in [3.63, 3.8) is 0 Å². The number of rotatable bonds is 11. The molecule has 226 valence electrons. The number of carbonyl (C=O) groups is 2. The third-order valence-corrected chi connectivity index (χ3v) is 7.80. The van der Waals surface area contributed by atoms with Gasteiger partial charge < -0.3 is 10.2 Å². The first-order valence-electron chi connectivity index (χ1n) is 13.1. The van der Waals surface area contributed by atoms with E-state index < -0.39 is 51.9 Å². The zero-order chi connectivity index (χ0) is 31.2. The molecule has 0 fully saturated rings. The Morgan fingerprint density at radius 2 is 1.60 bits per heavy atom. The lowest BCUT2D eigenvalue weighted by atomic mass is 10.0. The molecule has 0 bridgehead atoms. The highest BCUT2D eigenvalue weighted by atomic mass is 35.5. The van der Waals surface area contributed by atoms with E-state index in [9.17, 15) is 31.2 Å². The Kier molecular flexibility index (Phi) is 10.7. The fourth-order valence-corrected chi connectivity index (χ4v) is 5.54. The summed E-state index contributed by atoms with van der Waals surface area (Å²) in [5, 5.41) is 2.55. The van der Waals surface area contributed by atoms with Gasteiger partial charge in [0, 0.05) is 19.0 Å². The number of aryl methyl sites for hydroxylation is 1. The van der Waals surface area contributed by atoms with E-state index in [1.54, 1.807) is 50.2 Å². The monoisotopic (exact) mass is 623 g/mol. The average molecular weight is 624 g/mol. The molecule has 1 N–H and O–H groups in total. The average Bonchev–Trinajstić information content (AvgIpc) is 2.88. The lowest BCUT2D eigenvalue weighted by Gasteiger charge is -2.34. The fraction of sp³-hybridized carbons (Fsp3) is 0.333. The number of hydrogen-bond donors (Lipinski definition) is 1. The van der Waals surface area contributed by atoms with Crippen molar-refractivity contribution in [1.29, 1.82) is 0 Å². The first-order chi connectivity index (χ1) is 19.6. The van der Waals surface area contributed by atoms with Gasteiger partial charge in [0.15, 0.2) is 0 Å². The van der Waals surface area contributed by atoms with Crippen molar-refractivity contribution >= 4 is 39.1 Å². The molecule has 0 unspecified atom stereocenters. The molecule has 2 amide bonds. The van der Waals surface area contributed by atoms with Crippen LogP contribution < -0.4 is 9.62 Å². The largest absolute Gasteiger partial charge is 0.416 e. The summed E-state index contributed by atoms with van der Waals surface area (Å²) in [6, 6.07) is 17.2. The molecule has 3 rings (SSSR count). The number of hydrogen-bond acceptors (Lipinski definition) is 4. The molecular formula is C30H33ClF3N3O4S. The molecule has 0 saturated carbocycles. The van der Waals surface area contributed by atoms with E-state index in [1.807, 2.05) is 25.1 Å². The van der Waals surface area contributed by atoms with Crippen LogP contribution in [0, 0.1) is 6.92 Å². The molecule has 0 aliphatic rings. The molecule has 0 aliphatic carbocycles. The van der Waals surface area contributed by atoms with Gasteiger partial charge in [0.05, 0.1) is 22.5 Å². The van der Waals surface area contributed by atoms with Crippen LogP contribution in [0.2, 0.25) is 5.02 Å². The summed E-state index contributed by atoms with van der Waals surface area (Å²) in [5.74, 6) is -1.26. The van der Waals surface area contributed by atoms with Crippen LogP contribution >= 0.6 is 11.6 Å². The van der Waals surface area contributed by atoms with Crippen molar-refractivity contribution in [2.24, 2.45) is 0 Å². The number of nitrogens with zero attached hydrogens (tertiary/aromatic N) is 2. The minimum absolute atomic E-state index is 0.0581. The molecule has 12 heteroatoms. The van der Waals surface area contributed by atoms with Gasteiger partial charge in [0.25, 0.3) is 0 Å². The first kappa shape index (κ1) is 32.9. The van der Waals surface area contributed by atoms with E-state index in [4.69, 9.17) is 11.6 Å². The molecule has 42 heavy (non-hydrogen) atoms. The molecule has 0 heterocycles. The maximum absolute atomic E-state index is 14.1. The van der Waals surface area contributed by atoms with Crippen molar-refractivity contribution in [2.45, 2.75) is 52.0 Å². The van der Waals surface area contributed by atoms with Crippen molar-refractivity contribution in [3.05, 3.63) is 100 Å². The number of anilines is 1. The van der Waals surface area contributed by atoms with E-state index in [-0.39, 0.29) is 24.0 Å². The van der Waals surface area contributed by atoms with Gasteiger partial charge in [-0.25, -0.2) is 8.42 Å². The summed E-state index contributed by atoms with van der Waals surface area (Å²) in [6.07, 6.45) is -3.89. The van der Waals surface area contributed by atoms with Crippen LogP contribution in [0.1, 0.15) is 36.1 Å². The van der Waals surface area contributed by atoms with Crippen LogP contribution in [0.5, 0.6) is 0 Å². The molecule has 7 nitrogen and oxygen atoms in total. The van der Waals surface area contributed by atoms with Gasteiger partial charge in [0.1, 0.15) is 12.6 Å². The highest BCUT2D eigenvalue weighted by Crippen LogP contribution is 2.36. The molecule has 0 aromatic heterocycles. The summed E-state index contributed by atoms with van der Waals surface area (Å²) in [4.78, 5) is 28.9. The van der Waals surface area contributed by atoms with Gasteiger partial charge in [-0.05, 0) is 50.1 Å². The Bertz CT molecular complexity index is 1520. The predicted octanol–water partition coefficient (Wildman–Crippen LogP) is 5.60. The normalized spacial score (nSPS) is 12.6. The molecule has 0 aliphatic heterocycles. The highest BCUT2D eigenvalue weighted by Gasteiger charge is 2.36. The number of alkyl halides is 3. The third kappa shape index (κ3) is 8.96. The van der Waals surface area contributed by atoms with Crippen LogP contribution in [-0.2, 0) is 38.8 Å². The van der Waals surface area contributed by atoms with Gasteiger partial charge in [-0.2, -0.15) is 13.2 Å². The number of sulfonamides is 1. The highest BCUT2D eigenvalue weighted by molar-refractivity contribution is 7.92. The van der Waals surface area contributed by atoms with Gasteiger partial charge in [-0.15, -0.1) is 0 Å². The van der Waals surface area contributed by atoms with Crippen LogP contribution in [0.3, 0.4) is 0 Å². The summed E-state index contributed by atoms with van der Waals surface area (Å²) >= 11 is 6.17. The molecule has 1 atom stereocenters. The van der Waals surface area contributed by atoms with Crippen LogP contribution in [0.4, 0.5) is 18.9 Å². The number of amides is 2. The topological polar surface area (TPSA) is 86.8 Å². The van der Waals surface area contributed by atoms with Crippen molar-refractivity contribution in [1.82, 2.24) is 10.2 Å². The second-order valence-corrected chi connectivity index (χ2v) is 12.6. The third-order valence-electron chi connectivity index (χ3n) is 6.36. The minimum Gasteiger partial charge on any atom is -0.352 e. The molecule has 3 aromatic rings. The van der Waals surface area contributed by atoms with E-state index in [0.29, 0.717) is 15.9 Å². The maximum atomic E-state index is 14.1. The number of halogens is 4. The quantitative estimate of drug-likeness (QED) is 0.301. The summed E-state index contributed by atoms with van der Waals surface area (Å²) in [7, 11) is -4.30. The lowest BCUT2D eigenvalue weighted by Crippen LogP contribution is -2.54. The Morgan fingerprint density at radius 3 is 2.17 bits per heavy atom. The summed E-state index contributed by atoms with van der Waals surface area (Å²) < 4.78 is 66.8. The van der Waals surface area contributed by atoms with Gasteiger partial charge in [-0.1, -0.05) is 71.8 Å². The smallest absolute Gasteiger partial charge is 0.352 e. The second-order valence-electron chi connectivity index (χ2n) is 10.3. The summed E-state index contributed by atoms with van der Waals surface area (Å²) in [5.41, 5.74) is 0.715. The zero-order valence-electron chi connectivity index (χ0n) is 23.7. The Morgan fingerprint density at radius 1 is 0.952 bits per heavy atom. The zero-order valence-corrected chi connectivity index (χ0v) is 25.2. The molecular weight excluding hydrogens is 591 g/mol. The number of nitrogens with one attached hydrogen (secondary N) is 1. The first-order valence-corrected chi connectivity index (χ1v) is 15.3. The Balaban J connectivity index is 2.12. The fourth-order valence-electron chi connectivity index (χ4n) is 4.42. The Hall–Kier alpha value is -3.57. The lowest BCUT2D eigenvalue weighted by molar-refractivity contribution is -0.140. The molecule has 0 radical (unpaired) electrons. The van der Waals surface area contributed by atoms with E-state index in [1.165, 1.54) is 4.90 Å². The van der Waals surface area contributed by atoms with E-state index >= 15 is 0 Å². The maximum Gasteiger partial charge on any atom is 0.416 e. The standard InChI is InChI=1S/C30H33ClF3N3O4S/c1-20(2)35-29(39)27(16-22-10-6-5-7-11-22)36(18-23-12-8-9-21(3)15-23)28(38)19-37(42(4,40)41)26-17-24(30(32,33)34)13-14-25(26)31/h5-15,17,20,27H,16,18-19H2,1-4H3,(H,35,39)/t27-/m1/s1. The molecule has 3 aromatic carbocycles. The number of carbonyl (C=O) groups excluding carboxylic acids is 2. The van der Waals surface area contributed by atoms with Crippen LogP contribution in [-0.4, -0.2) is 50.0 Å². The summed E-state index contributed by atoms with van der Waals surface area (Å²) in [6.45, 7) is 4.46. The SMILES string of the molecule is Cc1cccc(CN(C(=O)CN(c2cc(C(F)(F)F)ccc2Cl)S(C)(=O)=O)[C@H](Cc2ccccc2)C(=O)NC(C)C)c1. The molecule has 0 spiro atoms. The minimum atomic E-state index is -4.78. The van der Waals surface area contributed by atoms with Crippen molar-refractivity contribution in [3.8, 4) is 0 Å². The number of benzene rings is 3. The molecule has 0 saturated heterocycles. The van der Waals surface area contributed by atoms with E-state index in [0.717, 1.165) is 29.5 Å². The second kappa shape index (κ2) is 13.6. The van der Waals surface area contributed by atoms with Crippen molar-refractivity contribution < 1.29 is 31.2 Å². The van der Waals surface area contributed by atoms with Crippen LogP contribution in [0.25, 0.3) is 0 Å². The van der Waals surface area contributed by atoms with Gasteiger partial charge in [-0.3, -0.25) is 13.9 Å². The van der Waals surface area contributed by atoms with Crippen molar-refractivity contribution in [2.75, 3.05) is 17.1 Å². The van der Waals surface area contributed by atoms with Gasteiger partial charge >= 0.3 is 6.18 Å². The van der Waals surface area contributed by atoms with Gasteiger partial charge in [0.2, 0.25) is 21.8 Å². The van der Waals surface area contributed by atoms with E-state index in [2.05, 4.69) is 5.32 Å². The Labute approximate surface area is 249 Å².